The molecule has 0 radical (unpaired) electrons. The number of esters is 1. The van der Waals surface area contributed by atoms with E-state index in [1.54, 1.807) is 38.1 Å². The summed E-state index contributed by atoms with van der Waals surface area (Å²) in [6.07, 6.45) is 0. The molecule has 0 spiro atoms. The zero-order valence-corrected chi connectivity index (χ0v) is 11.8. The second-order valence-corrected chi connectivity index (χ2v) is 4.52. The van der Waals surface area contributed by atoms with Gasteiger partial charge in [-0.15, -0.1) is 0 Å². The van der Waals surface area contributed by atoms with Gasteiger partial charge in [0.05, 0.1) is 29.9 Å². The molecule has 1 heterocycles. The first-order valence-corrected chi connectivity index (χ1v) is 6.52. The van der Waals surface area contributed by atoms with E-state index in [0.717, 1.165) is 0 Å². The second kappa shape index (κ2) is 6.09. The van der Waals surface area contributed by atoms with Crippen molar-refractivity contribution in [3.63, 3.8) is 0 Å². The van der Waals surface area contributed by atoms with Gasteiger partial charge in [-0.05, 0) is 31.5 Å². The summed E-state index contributed by atoms with van der Waals surface area (Å²) in [5.74, 6) is -0.475. The maximum atomic E-state index is 12.1. The molecular formula is C15H15N3O3. The van der Waals surface area contributed by atoms with Crippen molar-refractivity contribution in [3.05, 3.63) is 46.7 Å². The molecule has 0 aromatic heterocycles. The minimum absolute atomic E-state index is 0.254. The van der Waals surface area contributed by atoms with Crippen LogP contribution in [-0.4, -0.2) is 18.6 Å². The number of benzene rings is 1. The van der Waals surface area contributed by atoms with Crippen molar-refractivity contribution in [3.8, 4) is 6.07 Å². The van der Waals surface area contributed by atoms with Crippen molar-refractivity contribution in [1.82, 2.24) is 10.6 Å². The van der Waals surface area contributed by atoms with Gasteiger partial charge in [0.25, 0.3) is 0 Å². The van der Waals surface area contributed by atoms with Gasteiger partial charge in [-0.1, -0.05) is 12.1 Å². The molecular weight excluding hydrogens is 270 g/mol. The molecule has 0 saturated carbocycles. The maximum Gasteiger partial charge on any atom is 0.338 e. The second-order valence-electron chi connectivity index (χ2n) is 4.52. The lowest BCUT2D eigenvalue weighted by Crippen LogP contribution is -2.45. The third-order valence-corrected chi connectivity index (χ3v) is 3.14. The Kier molecular flexibility index (Phi) is 4.24. The van der Waals surface area contributed by atoms with E-state index in [2.05, 4.69) is 10.6 Å². The molecule has 2 rings (SSSR count). The minimum Gasteiger partial charge on any atom is -0.463 e. The van der Waals surface area contributed by atoms with Gasteiger partial charge < -0.3 is 15.4 Å². The van der Waals surface area contributed by atoms with Crippen molar-refractivity contribution in [1.29, 1.82) is 5.26 Å². The number of hydrogen-bond acceptors (Lipinski definition) is 4. The number of carbonyl (C=O) groups excluding carboxylic acids is 2. The summed E-state index contributed by atoms with van der Waals surface area (Å²) < 4.78 is 5.04. The molecule has 6 heteroatoms. The van der Waals surface area contributed by atoms with Crippen molar-refractivity contribution >= 4 is 12.0 Å². The van der Waals surface area contributed by atoms with Crippen LogP contribution in [0.2, 0.25) is 0 Å². The quantitative estimate of drug-likeness (QED) is 0.828. The number of carbonyl (C=O) groups is 2. The van der Waals surface area contributed by atoms with E-state index < -0.39 is 12.0 Å². The average molecular weight is 285 g/mol. The summed E-state index contributed by atoms with van der Waals surface area (Å²) in [6.45, 7) is 3.63. The van der Waals surface area contributed by atoms with Gasteiger partial charge >= 0.3 is 12.0 Å². The molecule has 1 aliphatic heterocycles. The van der Waals surface area contributed by atoms with E-state index in [-0.39, 0.29) is 12.6 Å². The fourth-order valence-corrected chi connectivity index (χ4v) is 2.17. The van der Waals surface area contributed by atoms with E-state index in [1.165, 1.54) is 0 Å². The van der Waals surface area contributed by atoms with Crippen molar-refractivity contribution in [2.75, 3.05) is 6.61 Å². The van der Waals surface area contributed by atoms with Gasteiger partial charge in [-0.2, -0.15) is 5.26 Å². The molecule has 0 bridgehead atoms. The molecule has 0 aliphatic carbocycles. The predicted molar refractivity (Wildman–Crippen MR) is 74.9 cm³/mol. The fourth-order valence-electron chi connectivity index (χ4n) is 2.17. The third kappa shape index (κ3) is 3.03. The lowest BCUT2D eigenvalue weighted by Gasteiger charge is -2.28. The standard InChI is InChI=1S/C15H15N3O3/c1-3-21-14(19)12-9(2)17-15(20)18-13(12)11-6-4-10(8-16)5-7-11/h4-7,13H,3H2,1-2H3,(H2,17,18,20). The number of amides is 2. The molecule has 21 heavy (non-hydrogen) atoms. The van der Waals surface area contributed by atoms with Gasteiger partial charge in [-0.25, -0.2) is 9.59 Å². The number of nitriles is 1. The molecule has 1 atom stereocenters. The number of ether oxygens (including phenoxy) is 1. The molecule has 1 unspecified atom stereocenters. The Morgan fingerprint density at radius 1 is 1.38 bits per heavy atom. The largest absolute Gasteiger partial charge is 0.463 e. The van der Waals surface area contributed by atoms with Crippen molar-refractivity contribution in [2.24, 2.45) is 0 Å². The zero-order chi connectivity index (χ0) is 15.4. The lowest BCUT2D eigenvalue weighted by molar-refractivity contribution is -0.139. The van der Waals surface area contributed by atoms with Crippen LogP contribution in [0, 0.1) is 11.3 Å². The summed E-state index contributed by atoms with van der Waals surface area (Å²) in [5, 5.41) is 14.1. The Morgan fingerprint density at radius 2 is 2.05 bits per heavy atom. The zero-order valence-electron chi connectivity index (χ0n) is 11.8. The Hall–Kier alpha value is -2.81. The molecule has 1 aromatic carbocycles. The first-order valence-electron chi connectivity index (χ1n) is 6.52. The van der Waals surface area contributed by atoms with E-state index in [4.69, 9.17) is 10.00 Å². The van der Waals surface area contributed by atoms with Crippen molar-refractivity contribution < 1.29 is 14.3 Å². The van der Waals surface area contributed by atoms with E-state index in [1.807, 2.05) is 6.07 Å². The van der Waals surface area contributed by atoms with Crippen LogP contribution in [0.1, 0.15) is 31.0 Å². The Balaban J connectivity index is 2.42. The van der Waals surface area contributed by atoms with Gasteiger partial charge in [0.15, 0.2) is 0 Å². The highest BCUT2D eigenvalue weighted by Gasteiger charge is 2.31. The third-order valence-electron chi connectivity index (χ3n) is 3.14. The number of urea groups is 1. The van der Waals surface area contributed by atoms with Crippen LogP contribution in [0.5, 0.6) is 0 Å². The van der Waals surface area contributed by atoms with Gasteiger partial charge in [0.2, 0.25) is 0 Å². The predicted octanol–water partition coefficient (Wildman–Crippen LogP) is 1.75. The summed E-state index contributed by atoms with van der Waals surface area (Å²) in [4.78, 5) is 23.7. The highest BCUT2D eigenvalue weighted by Crippen LogP contribution is 2.27. The molecule has 0 saturated heterocycles. The molecule has 108 valence electrons. The summed E-state index contributed by atoms with van der Waals surface area (Å²) in [5.41, 5.74) is 2.05. The molecule has 2 amide bonds. The average Bonchev–Trinajstić information content (AvgIpc) is 2.46. The van der Waals surface area contributed by atoms with E-state index in [9.17, 15) is 9.59 Å². The van der Waals surface area contributed by atoms with Crippen LogP contribution in [0.3, 0.4) is 0 Å². The van der Waals surface area contributed by atoms with Gasteiger partial charge in [0.1, 0.15) is 0 Å². The van der Waals surface area contributed by atoms with Crippen LogP contribution < -0.4 is 10.6 Å². The highest BCUT2D eigenvalue weighted by atomic mass is 16.5. The molecule has 0 fully saturated rings. The monoisotopic (exact) mass is 285 g/mol. The van der Waals surface area contributed by atoms with E-state index in [0.29, 0.717) is 22.4 Å². The molecule has 1 aliphatic rings. The number of nitrogens with one attached hydrogen (secondary N) is 2. The topological polar surface area (TPSA) is 91.2 Å². The van der Waals surface area contributed by atoms with Crippen LogP contribution in [0.25, 0.3) is 0 Å². The Bertz CT molecular complexity index is 641. The lowest BCUT2D eigenvalue weighted by atomic mass is 9.95. The van der Waals surface area contributed by atoms with Gasteiger partial charge in [0, 0.05) is 5.70 Å². The summed E-state index contributed by atoms with van der Waals surface area (Å²) >= 11 is 0. The van der Waals surface area contributed by atoms with Crippen molar-refractivity contribution in [2.45, 2.75) is 19.9 Å². The number of nitrogens with zero attached hydrogens (tertiary/aromatic N) is 1. The SMILES string of the molecule is CCOC(=O)C1=C(C)NC(=O)NC1c1ccc(C#N)cc1. The molecule has 1 aromatic rings. The first kappa shape index (κ1) is 14.6. The van der Waals surface area contributed by atoms with Crippen LogP contribution in [0.15, 0.2) is 35.5 Å². The highest BCUT2D eigenvalue weighted by molar-refractivity contribution is 5.95. The summed E-state index contributed by atoms with van der Waals surface area (Å²) in [7, 11) is 0. The number of rotatable bonds is 3. The van der Waals surface area contributed by atoms with Crippen LogP contribution in [-0.2, 0) is 9.53 Å². The number of hydrogen-bond donors (Lipinski definition) is 2. The maximum absolute atomic E-state index is 12.1. The van der Waals surface area contributed by atoms with Crippen LogP contribution in [0.4, 0.5) is 4.79 Å². The summed E-state index contributed by atoms with van der Waals surface area (Å²) in [6, 6.07) is 7.75. The van der Waals surface area contributed by atoms with Crippen LogP contribution >= 0.6 is 0 Å². The van der Waals surface area contributed by atoms with Gasteiger partial charge in [-0.3, -0.25) is 0 Å². The number of allylic oxidation sites excluding steroid dienone is 1. The minimum atomic E-state index is -0.592. The smallest absolute Gasteiger partial charge is 0.338 e. The Morgan fingerprint density at radius 3 is 2.62 bits per heavy atom. The fraction of sp³-hybridized carbons (Fsp3) is 0.267. The molecule has 6 nitrogen and oxygen atoms in total. The first-order chi connectivity index (χ1) is 10.1. The van der Waals surface area contributed by atoms with E-state index >= 15 is 0 Å². The Labute approximate surface area is 122 Å². The molecule has 2 N–H and O–H groups in total. The normalized spacial score (nSPS) is 17.6.